The van der Waals surface area contributed by atoms with Crippen molar-refractivity contribution < 1.29 is 28.6 Å². The van der Waals surface area contributed by atoms with Gasteiger partial charge in [0.05, 0.1) is 0 Å². The molecule has 0 bridgehead atoms. The lowest BCUT2D eigenvalue weighted by molar-refractivity contribution is -0.167. The highest BCUT2D eigenvalue weighted by Crippen LogP contribution is 2.17. The van der Waals surface area contributed by atoms with E-state index in [0.717, 1.165) is 122 Å². The fourth-order valence-electron chi connectivity index (χ4n) is 9.78. The Labute approximate surface area is 508 Å². The number of carbonyl (C=O) groups excluding carboxylic acids is 3. The first kappa shape index (κ1) is 78.1. The van der Waals surface area contributed by atoms with Gasteiger partial charge in [0.15, 0.2) is 6.10 Å². The molecule has 0 aliphatic heterocycles. The SMILES string of the molecule is CC/C=C\C/C=C\C/C=C\C/C=C\C/C=C\CCCCCCCCCCCCCCCCCC(=O)OCC(COC(=O)CCCCCCC/C=C\CCC)OC(=O)CCCCCCCCCC/C=C\C/C=C\C/C=C\CCCCCCC. The molecule has 0 aromatic rings. The first-order chi connectivity index (χ1) is 40.5. The van der Waals surface area contributed by atoms with E-state index in [2.05, 4.69) is 130 Å². The summed E-state index contributed by atoms with van der Waals surface area (Å²) in [6.45, 7) is 6.47. The molecule has 0 aliphatic rings. The second-order valence-corrected chi connectivity index (χ2v) is 23.1. The zero-order valence-corrected chi connectivity index (χ0v) is 54.0. The van der Waals surface area contributed by atoms with E-state index in [1.807, 2.05) is 0 Å². The minimum atomic E-state index is -0.786. The molecule has 0 aliphatic carbocycles. The monoisotopic (exact) mass is 1140 g/mol. The molecule has 0 rings (SSSR count). The van der Waals surface area contributed by atoms with Gasteiger partial charge in [-0.25, -0.2) is 0 Å². The van der Waals surface area contributed by atoms with Crippen LogP contribution in [0.25, 0.3) is 0 Å². The van der Waals surface area contributed by atoms with Crippen LogP contribution in [0.1, 0.15) is 335 Å². The van der Waals surface area contributed by atoms with E-state index in [1.54, 1.807) is 0 Å². The van der Waals surface area contributed by atoms with Gasteiger partial charge in [0.1, 0.15) is 13.2 Å². The standard InChI is InChI=1S/C76H130O6/c1-4-7-10-13-16-19-22-24-26-28-30-32-34-35-36-37-38-39-40-41-43-44-46-48-50-52-54-57-60-63-66-69-75(78)81-72-73(71-80-74(77)68-65-62-59-56-21-18-15-12-9-6-3)82-76(79)70-67-64-61-58-55-53-51-49-47-45-42-33-31-29-27-25-23-20-17-14-11-8-5-2/h7,10,12,15-16,19,23-26,29-32,35-36,42,45,73H,4-6,8-9,11,13-14,17-18,20-22,27-28,33-34,37-41,43-44,46-72H2,1-3H3/b10-7-,15-12-,19-16-,25-23-,26-24-,31-29-,32-30-,36-35-,45-42-. The normalized spacial score (nSPS) is 12.8. The first-order valence-electron chi connectivity index (χ1n) is 34.9. The summed E-state index contributed by atoms with van der Waals surface area (Å²) in [4.78, 5) is 38.3. The average molecular weight is 1140 g/mol. The highest BCUT2D eigenvalue weighted by Gasteiger charge is 2.19. The van der Waals surface area contributed by atoms with Crippen molar-refractivity contribution in [3.05, 3.63) is 109 Å². The molecular formula is C76H130O6. The predicted molar refractivity (Wildman–Crippen MR) is 357 cm³/mol. The fourth-order valence-corrected chi connectivity index (χ4v) is 9.78. The van der Waals surface area contributed by atoms with Crippen molar-refractivity contribution in [1.29, 1.82) is 0 Å². The number of esters is 3. The molecule has 0 heterocycles. The molecule has 0 spiro atoms. The summed E-state index contributed by atoms with van der Waals surface area (Å²) < 4.78 is 16.9. The van der Waals surface area contributed by atoms with E-state index < -0.39 is 6.10 Å². The maximum atomic E-state index is 12.9. The van der Waals surface area contributed by atoms with Crippen molar-refractivity contribution in [2.24, 2.45) is 0 Å². The highest BCUT2D eigenvalue weighted by molar-refractivity contribution is 5.71. The molecule has 0 fully saturated rings. The Morgan fingerprint density at radius 3 is 0.805 bits per heavy atom. The van der Waals surface area contributed by atoms with Crippen LogP contribution in [0, 0.1) is 0 Å². The third-order valence-corrected chi connectivity index (χ3v) is 15.0. The summed E-state index contributed by atoms with van der Waals surface area (Å²) in [7, 11) is 0. The van der Waals surface area contributed by atoms with Gasteiger partial charge < -0.3 is 14.2 Å². The average Bonchev–Trinajstić information content (AvgIpc) is 3.47. The lowest BCUT2D eigenvalue weighted by atomic mass is 10.0. The summed E-state index contributed by atoms with van der Waals surface area (Å²) in [5.41, 5.74) is 0. The van der Waals surface area contributed by atoms with Gasteiger partial charge in [0, 0.05) is 19.3 Å². The van der Waals surface area contributed by atoms with Gasteiger partial charge in [-0.2, -0.15) is 0 Å². The van der Waals surface area contributed by atoms with Crippen LogP contribution in [-0.4, -0.2) is 37.2 Å². The molecule has 0 saturated heterocycles. The quantitative estimate of drug-likeness (QED) is 0.0261. The Hall–Kier alpha value is -3.93. The minimum Gasteiger partial charge on any atom is -0.462 e. The molecule has 1 atom stereocenters. The topological polar surface area (TPSA) is 78.9 Å². The fraction of sp³-hybridized carbons (Fsp3) is 0.724. The summed E-state index contributed by atoms with van der Waals surface area (Å²) in [5, 5.41) is 0. The second-order valence-electron chi connectivity index (χ2n) is 23.1. The lowest BCUT2D eigenvalue weighted by Crippen LogP contribution is -2.30. The first-order valence-corrected chi connectivity index (χ1v) is 34.9. The van der Waals surface area contributed by atoms with Gasteiger partial charge in [-0.15, -0.1) is 0 Å². The van der Waals surface area contributed by atoms with Crippen LogP contribution in [-0.2, 0) is 28.6 Å². The van der Waals surface area contributed by atoms with Crippen LogP contribution in [0.15, 0.2) is 109 Å². The summed E-state index contributed by atoms with van der Waals surface area (Å²) >= 11 is 0. The number of carbonyl (C=O) groups is 3. The summed E-state index contributed by atoms with van der Waals surface area (Å²) in [6, 6.07) is 0. The van der Waals surface area contributed by atoms with Crippen molar-refractivity contribution in [3.63, 3.8) is 0 Å². The van der Waals surface area contributed by atoms with Gasteiger partial charge in [-0.3, -0.25) is 14.4 Å². The Balaban J connectivity index is 4.19. The van der Waals surface area contributed by atoms with Crippen LogP contribution in [0.2, 0.25) is 0 Å². The van der Waals surface area contributed by atoms with E-state index >= 15 is 0 Å². The minimum absolute atomic E-state index is 0.0823. The third kappa shape index (κ3) is 66.9. The van der Waals surface area contributed by atoms with Gasteiger partial charge in [-0.1, -0.05) is 304 Å². The van der Waals surface area contributed by atoms with E-state index in [1.165, 1.54) is 173 Å². The molecule has 6 heteroatoms. The number of hydrogen-bond donors (Lipinski definition) is 0. The van der Waals surface area contributed by atoms with Crippen LogP contribution < -0.4 is 0 Å². The molecule has 0 saturated carbocycles. The van der Waals surface area contributed by atoms with Crippen molar-refractivity contribution in [1.82, 2.24) is 0 Å². The molecule has 6 nitrogen and oxygen atoms in total. The number of unbranched alkanes of at least 4 members (excludes halogenated alkanes) is 34. The Morgan fingerprint density at radius 2 is 0.500 bits per heavy atom. The molecule has 82 heavy (non-hydrogen) atoms. The van der Waals surface area contributed by atoms with E-state index in [4.69, 9.17) is 14.2 Å². The molecule has 0 aromatic heterocycles. The van der Waals surface area contributed by atoms with Gasteiger partial charge in [-0.05, 0) is 122 Å². The van der Waals surface area contributed by atoms with Crippen molar-refractivity contribution in [2.75, 3.05) is 13.2 Å². The van der Waals surface area contributed by atoms with Gasteiger partial charge >= 0.3 is 17.9 Å². The van der Waals surface area contributed by atoms with Crippen LogP contribution in [0.3, 0.4) is 0 Å². The Kier molecular flexibility index (Phi) is 66.2. The molecule has 0 aromatic carbocycles. The maximum Gasteiger partial charge on any atom is 0.306 e. The van der Waals surface area contributed by atoms with E-state index in [0.29, 0.717) is 19.3 Å². The Morgan fingerprint density at radius 1 is 0.256 bits per heavy atom. The van der Waals surface area contributed by atoms with Gasteiger partial charge in [0.2, 0.25) is 0 Å². The second kappa shape index (κ2) is 69.6. The van der Waals surface area contributed by atoms with Crippen molar-refractivity contribution in [2.45, 2.75) is 341 Å². The lowest BCUT2D eigenvalue weighted by Gasteiger charge is -2.18. The maximum absolute atomic E-state index is 12.9. The molecule has 470 valence electrons. The number of ether oxygens (including phenoxy) is 3. The largest absolute Gasteiger partial charge is 0.462 e. The predicted octanol–water partition coefficient (Wildman–Crippen LogP) is 24.2. The van der Waals surface area contributed by atoms with Crippen LogP contribution in [0.5, 0.6) is 0 Å². The van der Waals surface area contributed by atoms with Crippen molar-refractivity contribution >= 4 is 17.9 Å². The molecule has 0 amide bonds. The van der Waals surface area contributed by atoms with E-state index in [9.17, 15) is 14.4 Å². The van der Waals surface area contributed by atoms with Crippen LogP contribution in [0.4, 0.5) is 0 Å². The molecular weight excluding hydrogens is 1010 g/mol. The van der Waals surface area contributed by atoms with E-state index in [-0.39, 0.29) is 31.1 Å². The summed E-state index contributed by atoms with van der Waals surface area (Å²) in [5.74, 6) is -0.890. The van der Waals surface area contributed by atoms with Crippen molar-refractivity contribution in [3.8, 4) is 0 Å². The Bertz CT molecular complexity index is 1640. The number of allylic oxidation sites excluding steroid dienone is 18. The van der Waals surface area contributed by atoms with Gasteiger partial charge in [0.25, 0.3) is 0 Å². The summed E-state index contributed by atoms with van der Waals surface area (Å²) in [6.07, 6.45) is 95.5. The third-order valence-electron chi connectivity index (χ3n) is 15.0. The number of rotatable bonds is 63. The zero-order chi connectivity index (χ0) is 59.2. The molecule has 0 radical (unpaired) electrons. The highest BCUT2D eigenvalue weighted by atomic mass is 16.6. The smallest absolute Gasteiger partial charge is 0.306 e. The van der Waals surface area contributed by atoms with Crippen LogP contribution >= 0.6 is 0 Å². The zero-order valence-electron chi connectivity index (χ0n) is 54.0. The molecule has 0 N–H and O–H groups in total. The molecule has 1 unspecified atom stereocenters. The number of hydrogen-bond acceptors (Lipinski definition) is 6.